The Morgan fingerprint density at radius 1 is 1.03 bits per heavy atom. The zero-order valence-electron chi connectivity index (χ0n) is 17.1. The van der Waals surface area contributed by atoms with E-state index in [1.807, 2.05) is 6.07 Å². The topological polar surface area (TPSA) is 84.5 Å². The van der Waals surface area contributed by atoms with Crippen LogP contribution in [0.2, 0.25) is 0 Å². The summed E-state index contributed by atoms with van der Waals surface area (Å²) in [6.07, 6.45) is 0.121. The van der Waals surface area contributed by atoms with Gasteiger partial charge in [0.05, 0.1) is 12.0 Å². The number of nitrogens with one attached hydrogen (secondary N) is 2. The fourth-order valence-electron chi connectivity index (χ4n) is 3.11. The molecule has 0 aliphatic carbocycles. The summed E-state index contributed by atoms with van der Waals surface area (Å²) in [4.78, 5) is 12.9. The number of aryl methyl sites for hydroxylation is 1. The zero-order valence-corrected chi connectivity index (χ0v) is 17.9. The van der Waals surface area contributed by atoms with Gasteiger partial charge < -0.3 is 10.1 Å². The number of carbonyl (C=O) groups excluding carboxylic acids is 1. The van der Waals surface area contributed by atoms with Gasteiger partial charge in [-0.3, -0.25) is 4.79 Å². The molecule has 3 aromatic rings. The lowest BCUT2D eigenvalue weighted by Crippen LogP contribution is -2.45. The maximum Gasteiger partial charge on any atom is 0.242 e. The zero-order chi connectivity index (χ0) is 22.4. The number of hydrogen-bond donors (Lipinski definition) is 2. The van der Waals surface area contributed by atoms with Crippen LogP contribution in [-0.4, -0.2) is 27.5 Å². The summed E-state index contributed by atoms with van der Waals surface area (Å²) in [5.41, 5.74) is 1.66. The number of rotatable bonds is 8. The number of halogens is 1. The fraction of sp³-hybridized carbons (Fsp3) is 0.174. The van der Waals surface area contributed by atoms with Crippen molar-refractivity contribution in [2.75, 3.05) is 12.4 Å². The summed E-state index contributed by atoms with van der Waals surface area (Å²) in [6.45, 7) is 1.73. The average molecular weight is 443 g/mol. The largest absolute Gasteiger partial charge is 0.496 e. The summed E-state index contributed by atoms with van der Waals surface area (Å²) in [7, 11) is -2.51. The van der Waals surface area contributed by atoms with Crippen LogP contribution in [-0.2, 0) is 21.2 Å². The summed E-state index contributed by atoms with van der Waals surface area (Å²) in [5.74, 6) is -0.543. The predicted octanol–water partition coefficient (Wildman–Crippen LogP) is 3.67. The lowest BCUT2D eigenvalue weighted by molar-refractivity contribution is -0.117. The average Bonchev–Trinajstić information content (AvgIpc) is 2.74. The highest BCUT2D eigenvalue weighted by Crippen LogP contribution is 2.22. The van der Waals surface area contributed by atoms with Gasteiger partial charge >= 0.3 is 0 Å². The molecular weight excluding hydrogens is 419 g/mol. The first-order valence-electron chi connectivity index (χ1n) is 9.56. The normalized spacial score (nSPS) is 12.2. The Labute approximate surface area is 181 Å². The van der Waals surface area contributed by atoms with Gasteiger partial charge in [0.25, 0.3) is 0 Å². The number of sulfonamides is 1. The van der Waals surface area contributed by atoms with Crippen molar-refractivity contribution in [1.29, 1.82) is 0 Å². The molecule has 3 aromatic carbocycles. The second kappa shape index (κ2) is 9.72. The van der Waals surface area contributed by atoms with Crippen molar-refractivity contribution in [2.45, 2.75) is 24.3 Å². The van der Waals surface area contributed by atoms with E-state index in [2.05, 4.69) is 10.0 Å². The maximum atomic E-state index is 13.5. The van der Waals surface area contributed by atoms with E-state index in [9.17, 15) is 17.6 Å². The van der Waals surface area contributed by atoms with E-state index in [1.165, 1.54) is 43.5 Å². The summed E-state index contributed by atoms with van der Waals surface area (Å²) in [6, 6.07) is 17.8. The van der Waals surface area contributed by atoms with Crippen LogP contribution in [0.15, 0.2) is 77.7 Å². The number of carbonyl (C=O) groups is 1. The summed E-state index contributed by atoms with van der Waals surface area (Å²) < 4.78 is 47.2. The van der Waals surface area contributed by atoms with Crippen LogP contribution in [0.5, 0.6) is 5.75 Å². The Bertz CT molecular complexity index is 1170. The van der Waals surface area contributed by atoms with E-state index in [1.54, 1.807) is 37.3 Å². The third-order valence-corrected chi connectivity index (χ3v) is 6.13. The first kappa shape index (κ1) is 22.5. The third-order valence-electron chi connectivity index (χ3n) is 4.67. The molecule has 0 aliphatic heterocycles. The molecule has 162 valence electrons. The van der Waals surface area contributed by atoms with Gasteiger partial charge in [-0.1, -0.05) is 36.4 Å². The van der Waals surface area contributed by atoms with Crippen LogP contribution in [0, 0.1) is 12.7 Å². The second-order valence-electron chi connectivity index (χ2n) is 6.99. The Balaban J connectivity index is 1.88. The van der Waals surface area contributed by atoms with Crippen molar-refractivity contribution in [3.05, 3.63) is 89.7 Å². The Kier molecular flexibility index (Phi) is 7.04. The minimum absolute atomic E-state index is 0.0161. The number of anilines is 1. The Morgan fingerprint density at radius 3 is 2.42 bits per heavy atom. The van der Waals surface area contributed by atoms with Crippen molar-refractivity contribution in [2.24, 2.45) is 0 Å². The number of amides is 1. The lowest BCUT2D eigenvalue weighted by atomic mass is 10.1. The first-order chi connectivity index (χ1) is 14.8. The highest BCUT2D eigenvalue weighted by Gasteiger charge is 2.26. The molecule has 8 heteroatoms. The molecule has 1 atom stereocenters. The van der Waals surface area contributed by atoms with Crippen LogP contribution in [0.4, 0.5) is 10.1 Å². The lowest BCUT2D eigenvalue weighted by Gasteiger charge is -2.19. The van der Waals surface area contributed by atoms with Gasteiger partial charge in [-0.05, 0) is 60.9 Å². The van der Waals surface area contributed by atoms with E-state index < -0.39 is 27.8 Å². The monoisotopic (exact) mass is 442 g/mol. The van der Waals surface area contributed by atoms with Gasteiger partial charge in [0.1, 0.15) is 17.6 Å². The van der Waals surface area contributed by atoms with Crippen LogP contribution in [0.25, 0.3) is 0 Å². The molecule has 0 spiro atoms. The Hall–Kier alpha value is -3.23. The number of hydrogen-bond acceptors (Lipinski definition) is 4. The molecule has 2 N–H and O–H groups in total. The van der Waals surface area contributed by atoms with Crippen LogP contribution >= 0.6 is 0 Å². The van der Waals surface area contributed by atoms with Gasteiger partial charge in [0, 0.05) is 5.69 Å². The maximum absolute atomic E-state index is 13.5. The highest BCUT2D eigenvalue weighted by molar-refractivity contribution is 7.89. The van der Waals surface area contributed by atoms with Crippen LogP contribution in [0.1, 0.15) is 11.1 Å². The van der Waals surface area contributed by atoms with Crippen molar-refractivity contribution in [1.82, 2.24) is 4.72 Å². The van der Waals surface area contributed by atoms with Crippen molar-refractivity contribution in [3.63, 3.8) is 0 Å². The summed E-state index contributed by atoms with van der Waals surface area (Å²) in [5, 5.41) is 2.58. The molecule has 0 bridgehead atoms. The van der Waals surface area contributed by atoms with Gasteiger partial charge in [-0.15, -0.1) is 0 Å². The van der Waals surface area contributed by atoms with E-state index >= 15 is 0 Å². The van der Waals surface area contributed by atoms with Gasteiger partial charge in [0.2, 0.25) is 15.9 Å². The molecule has 0 saturated carbocycles. The third kappa shape index (κ3) is 5.90. The second-order valence-corrected chi connectivity index (χ2v) is 8.71. The van der Waals surface area contributed by atoms with Gasteiger partial charge in [-0.2, -0.15) is 4.72 Å². The first-order valence-corrected chi connectivity index (χ1v) is 11.0. The number of methoxy groups -OCH3 is 1. The highest BCUT2D eigenvalue weighted by atomic mass is 32.2. The SMILES string of the molecule is COc1ccc(S(=O)(=O)N[C@@H](Cc2ccccc2)C(=O)Nc2cccc(F)c2)cc1C. The molecule has 0 aliphatic rings. The van der Waals surface area contributed by atoms with E-state index in [4.69, 9.17) is 4.74 Å². The smallest absolute Gasteiger partial charge is 0.242 e. The number of ether oxygens (including phenoxy) is 1. The predicted molar refractivity (Wildman–Crippen MR) is 117 cm³/mol. The van der Waals surface area contributed by atoms with Crippen molar-refractivity contribution in [3.8, 4) is 5.75 Å². The van der Waals surface area contributed by atoms with E-state index in [0.29, 0.717) is 11.3 Å². The molecule has 0 radical (unpaired) electrons. The molecule has 0 aromatic heterocycles. The molecule has 0 unspecified atom stereocenters. The molecule has 0 saturated heterocycles. The van der Waals surface area contributed by atoms with E-state index in [-0.39, 0.29) is 17.0 Å². The van der Waals surface area contributed by atoms with Crippen molar-refractivity contribution >= 4 is 21.6 Å². The minimum Gasteiger partial charge on any atom is -0.496 e. The standard InChI is InChI=1S/C23H23FN2O4S/c1-16-13-20(11-12-22(16)30-2)31(28,29)26-21(14-17-7-4-3-5-8-17)23(27)25-19-10-6-9-18(24)15-19/h3-13,15,21,26H,14H2,1-2H3,(H,25,27)/t21-/m0/s1. The molecule has 0 heterocycles. The molecule has 0 fully saturated rings. The number of benzene rings is 3. The molecule has 6 nitrogen and oxygen atoms in total. The Morgan fingerprint density at radius 2 is 1.77 bits per heavy atom. The molecule has 31 heavy (non-hydrogen) atoms. The van der Waals surface area contributed by atoms with Gasteiger partial charge in [0.15, 0.2) is 0 Å². The van der Waals surface area contributed by atoms with Crippen LogP contribution < -0.4 is 14.8 Å². The molecule has 3 rings (SSSR count). The molecule has 1 amide bonds. The summed E-state index contributed by atoms with van der Waals surface area (Å²) >= 11 is 0. The van der Waals surface area contributed by atoms with Crippen LogP contribution in [0.3, 0.4) is 0 Å². The molecular formula is C23H23FN2O4S. The van der Waals surface area contributed by atoms with Crippen molar-refractivity contribution < 1.29 is 22.3 Å². The van der Waals surface area contributed by atoms with E-state index in [0.717, 1.165) is 5.56 Å². The van der Waals surface area contributed by atoms with Gasteiger partial charge in [-0.25, -0.2) is 12.8 Å². The minimum atomic E-state index is -4.01. The quantitative estimate of drug-likeness (QED) is 0.558. The fourth-order valence-corrected chi connectivity index (χ4v) is 4.39.